The average Bonchev–Trinajstić information content (AvgIpc) is 3.08. The lowest BCUT2D eigenvalue weighted by Crippen LogP contribution is -2.21. The summed E-state index contributed by atoms with van der Waals surface area (Å²) in [5.74, 6) is -0.586. The molecular formula is C19H20N2O4S2. The number of rotatable bonds is 5. The third-order valence-electron chi connectivity index (χ3n) is 4.36. The Bertz CT molecular complexity index is 1090. The summed E-state index contributed by atoms with van der Waals surface area (Å²) in [5, 5.41) is 0.691. The van der Waals surface area contributed by atoms with Crippen molar-refractivity contribution in [2.75, 3.05) is 7.05 Å². The normalized spacial score (nSPS) is 12.9. The van der Waals surface area contributed by atoms with E-state index in [9.17, 15) is 13.2 Å². The summed E-state index contributed by atoms with van der Waals surface area (Å²) < 4.78 is 33.3. The topological polar surface area (TPSA) is 85.4 Å². The standard InChI is InChI=1S/C19H20N2O4S2/c1-11-9-14(10-17(12(11)2)27(23,24)20-4)19(22)25-13(3)18-21-15-7-5-6-8-16(15)26-18/h5-10,13,20H,1-4H3. The number of nitrogens with one attached hydrogen (secondary N) is 1. The van der Waals surface area contributed by atoms with Gasteiger partial charge in [-0.2, -0.15) is 0 Å². The molecule has 0 aliphatic carbocycles. The van der Waals surface area contributed by atoms with Gasteiger partial charge >= 0.3 is 5.97 Å². The second kappa shape index (κ2) is 7.38. The van der Waals surface area contributed by atoms with Crippen molar-refractivity contribution in [3.63, 3.8) is 0 Å². The van der Waals surface area contributed by atoms with Gasteiger partial charge in [0.2, 0.25) is 10.0 Å². The van der Waals surface area contributed by atoms with Crippen molar-refractivity contribution in [1.82, 2.24) is 9.71 Å². The molecule has 3 rings (SSSR count). The van der Waals surface area contributed by atoms with Crippen LogP contribution in [0.5, 0.6) is 0 Å². The zero-order valence-electron chi connectivity index (χ0n) is 15.4. The van der Waals surface area contributed by atoms with Crippen molar-refractivity contribution in [2.45, 2.75) is 31.8 Å². The van der Waals surface area contributed by atoms with Crippen molar-refractivity contribution in [1.29, 1.82) is 0 Å². The van der Waals surface area contributed by atoms with Crippen molar-refractivity contribution >= 4 is 37.5 Å². The molecule has 0 aliphatic rings. The molecule has 1 heterocycles. The van der Waals surface area contributed by atoms with E-state index in [4.69, 9.17) is 4.74 Å². The van der Waals surface area contributed by atoms with Crippen LogP contribution in [0.4, 0.5) is 0 Å². The smallest absolute Gasteiger partial charge is 0.338 e. The molecule has 0 bridgehead atoms. The maximum Gasteiger partial charge on any atom is 0.338 e. The number of esters is 1. The third-order valence-corrected chi connectivity index (χ3v) is 7.09. The van der Waals surface area contributed by atoms with E-state index in [2.05, 4.69) is 9.71 Å². The van der Waals surface area contributed by atoms with Gasteiger partial charge in [-0.3, -0.25) is 0 Å². The molecule has 0 radical (unpaired) electrons. The zero-order chi connectivity index (χ0) is 19.8. The molecule has 0 spiro atoms. The van der Waals surface area contributed by atoms with Crippen LogP contribution in [0.15, 0.2) is 41.3 Å². The first-order chi connectivity index (χ1) is 12.7. The molecule has 1 unspecified atom stereocenters. The number of thiazole rings is 1. The summed E-state index contributed by atoms with van der Waals surface area (Å²) in [5.41, 5.74) is 2.35. The van der Waals surface area contributed by atoms with Gasteiger partial charge in [-0.05, 0) is 63.2 Å². The lowest BCUT2D eigenvalue weighted by molar-refractivity contribution is 0.0337. The summed E-state index contributed by atoms with van der Waals surface area (Å²) in [6.07, 6.45) is -0.541. The lowest BCUT2D eigenvalue weighted by Gasteiger charge is -2.14. The van der Waals surface area contributed by atoms with Crippen molar-refractivity contribution in [3.05, 3.63) is 58.1 Å². The zero-order valence-corrected chi connectivity index (χ0v) is 17.1. The molecule has 6 nitrogen and oxygen atoms in total. The Morgan fingerprint density at radius 3 is 2.59 bits per heavy atom. The first kappa shape index (κ1) is 19.5. The number of aryl methyl sites for hydroxylation is 1. The van der Waals surface area contributed by atoms with Gasteiger partial charge < -0.3 is 4.74 Å². The summed E-state index contributed by atoms with van der Waals surface area (Å²) in [6, 6.07) is 10.7. The van der Waals surface area contributed by atoms with Crippen LogP contribution in [0.3, 0.4) is 0 Å². The van der Waals surface area contributed by atoms with Gasteiger partial charge in [0.05, 0.1) is 20.7 Å². The van der Waals surface area contributed by atoms with Crippen LogP contribution in [0.1, 0.15) is 39.5 Å². The number of hydrogen-bond acceptors (Lipinski definition) is 6. The quantitative estimate of drug-likeness (QED) is 0.655. The second-order valence-corrected chi connectivity index (χ2v) is 9.11. The SMILES string of the molecule is CNS(=O)(=O)c1cc(C(=O)OC(C)c2nc3ccccc3s2)cc(C)c1C. The Balaban J connectivity index is 1.89. The van der Waals surface area contributed by atoms with E-state index in [1.165, 1.54) is 24.5 Å². The van der Waals surface area contributed by atoms with Gasteiger partial charge in [0.1, 0.15) is 5.01 Å². The van der Waals surface area contributed by atoms with Crippen molar-refractivity contribution < 1.29 is 17.9 Å². The molecular weight excluding hydrogens is 384 g/mol. The second-order valence-electron chi connectivity index (χ2n) is 6.19. The fourth-order valence-electron chi connectivity index (χ4n) is 2.68. The first-order valence-electron chi connectivity index (χ1n) is 8.34. The number of fused-ring (bicyclic) bond motifs is 1. The lowest BCUT2D eigenvalue weighted by atomic mass is 10.1. The highest BCUT2D eigenvalue weighted by Crippen LogP contribution is 2.29. The predicted molar refractivity (Wildman–Crippen MR) is 106 cm³/mol. The van der Waals surface area contributed by atoms with E-state index < -0.39 is 22.1 Å². The molecule has 27 heavy (non-hydrogen) atoms. The van der Waals surface area contributed by atoms with Crippen LogP contribution in [0, 0.1) is 13.8 Å². The number of benzene rings is 2. The number of ether oxygens (including phenoxy) is 1. The van der Waals surface area contributed by atoms with Crippen LogP contribution in [0.2, 0.25) is 0 Å². The van der Waals surface area contributed by atoms with Crippen LogP contribution in [0.25, 0.3) is 10.2 Å². The number of carbonyl (C=O) groups excluding carboxylic acids is 1. The van der Waals surface area contributed by atoms with Gasteiger partial charge in [-0.15, -0.1) is 11.3 Å². The molecule has 1 atom stereocenters. The molecule has 3 aromatic rings. The van der Waals surface area contributed by atoms with Crippen LogP contribution >= 0.6 is 11.3 Å². The molecule has 1 aromatic heterocycles. The van der Waals surface area contributed by atoms with Crippen LogP contribution in [-0.4, -0.2) is 26.4 Å². The average molecular weight is 405 g/mol. The maximum absolute atomic E-state index is 12.6. The maximum atomic E-state index is 12.6. The minimum absolute atomic E-state index is 0.0737. The molecule has 0 fully saturated rings. The van der Waals surface area contributed by atoms with E-state index in [1.54, 1.807) is 26.8 Å². The summed E-state index contributed by atoms with van der Waals surface area (Å²) >= 11 is 1.46. The molecule has 0 saturated carbocycles. The predicted octanol–water partition coefficient (Wildman–Crippen LogP) is 3.74. The number of nitrogens with zero attached hydrogens (tertiary/aromatic N) is 1. The third kappa shape index (κ3) is 3.87. The van der Waals surface area contributed by atoms with E-state index in [0.717, 1.165) is 10.2 Å². The number of sulfonamides is 1. The fraction of sp³-hybridized carbons (Fsp3) is 0.263. The van der Waals surface area contributed by atoms with E-state index >= 15 is 0 Å². The van der Waals surface area contributed by atoms with Gasteiger partial charge in [0.15, 0.2) is 6.10 Å². The van der Waals surface area contributed by atoms with Gasteiger partial charge in [0, 0.05) is 0 Å². The van der Waals surface area contributed by atoms with Gasteiger partial charge in [-0.1, -0.05) is 12.1 Å². The highest BCUT2D eigenvalue weighted by Gasteiger charge is 2.22. The monoisotopic (exact) mass is 404 g/mol. The highest BCUT2D eigenvalue weighted by molar-refractivity contribution is 7.89. The molecule has 142 valence electrons. The number of aromatic nitrogens is 1. The Morgan fingerprint density at radius 1 is 1.22 bits per heavy atom. The van der Waals surface area contributed by atoms with Crippen LogP contribution < -0.4 is 4.72 Å². The van der Waals surface area contributed by atoms with E-state index in [0.29, 0.717) is 16.1 Å². The van der Waals surface area contributed by atoms with E-state index in [-0.39, 0.29) is 10.5 Å². The fourth-order valence-corrected chi connectivity index (χ4v) is 4.69. The van der Waals surface area contributed by atoms with Crippen molar-refractivity contribution in [3.8, 4) is 0 Å². The highest BCUT2D eigenvalue weighted by atomic mass is 32.2. The molecule has 0 aliphatic heterocycles. The van der Waals surface area contributed by atoms with Crippen LogP contribution in [-0.2, 0) is 14.8 Å². The Labute approximate surface area is 162 Å². The summed E-state index contributed by atoms with van der Waals surface area (Å²) in [6.45, 7) is 5.22. The summed E-state index contributed by atoms with van der Waals surface area (Å²) in [7, 11) is -2.34. The summed E-state index contributed by atoms with van der Waals surface area (Å²) in [4.78, 5) is 17.2. The molecule has 2 aromatic carbocycles. The first-order valence-corrected chi connectivity index (χ1v) is 10.6. The number of para-hydroxylation sites is 1. The Morgan fingerprint density at radius 2 is 1.93 bits per heavy atom. The molecule has 1 N–H and O–H groups in total. The number of carbonyl (C=O) groups is 1. The van der Waals surface area contributed by atoms with Gasteiger partial charge in [0.25, 0.3) is 0 Å². The minimum Gasteiger partial charge on any atom is -0.452 e. The molecule has 0 saturated heterocycles. The van der Waals surface area contributed by atoms with Crippen molar-refractivity contribution in [2.24, 2.45) is 0 Å². The Hall–Kier alpha value is -2.29. The van der Waals surface area contributed by atoms with E-state index in [1.807, 2.05) is 24.3 Å². The largest absolute Gasteiger partial charge is 0.452 e. The molecule has 0 amide bonds. The Kier molecular flexibility index (Phi) is 5.32. The number of hydrogen-bond donors (Lipinski definition) is 1. The van der Waals surface area contributed by atoms with Gasteiger partial charge in [-0.25, -0.2) is 22.9 Å². The molecule has 8 heteroatoms. The minimum atomic E-state index is -3.67.